The summed E-state index contributed by atoms with van der Waals surface area (Å²) in [7, 11) is -3.33. The molecule has 0 atom stereocenters. The van der Waals surface area contributed by atoms with E-state index in [9.17, 15) is 18.3 Å². The lowest BCUT2D eigenvalue weighted by Crippen LogP contribution is -2.16. The molecule has 0 saturated carbocycles. The first-order valence-electron chi connectivity index (χ1n) is 11.1. The van der Waals surface area contributed by atoms with Crippen molar-refractivity contribution in [3.63, 3.8) is 0 Å². The van der Waals surface area contributed by atoms with E-state index in [1.54, 1.807) is 30.5 Å². The van der Waals surface area contributed by atoms with Gasteiger partial charge in [0.2, 0.25) is 10.0 Å². The monoisotopic (exact) mass is 484 g/mol. The Morgan fingerprint density at radius 3 is 2.32 bits per heavy atom. The molecule has 0 aliphatic carbocycles. The molecule has 0 aliphatic heterocycles. The molecule has 34 heavy (non-hydrogen) atoms. The standard InChI is InChI=1S/C26H32N2O5S/c1-26(2,3)20-16-19(10-7-18-8-11-21(12-9-18)28-34(4,31)32)24(33-15-14-29)23(17-20)22-6-5-13-27-25(22)30/h5-6,8-9,11-13,16-17,28-29H,7,10,14-15H2,1-4H3,(H,27,30). The minimum absolute atomic E-state index is 0.117. The zero-order valence-electron chi connectivity index (χ0n) is 20.0. The highest BCUT2D eigenvalue weighted by Crippen LogP contribution is 2.37. The second-order valence-electron chi connectivity index (χ2n) is 9.32. The Kier molecular flexibility index (Phi) is 7.84. The van der Waals surface area contributed by atoms with Gasteiger partial charge in [-0.1, -0.05) is 39.0 Å². The molecule has 7 nitrogen and oxygen atoms in total. The number of aryl methyl sites for hydroxylation is 2. The molecule has 3 N–H and O–H groups in total. The molecule has 0 amide bonds. The number of anilines is 1. The lowest BCUT2D eigenvalue weighted by molar-refractivity contribution is 0.200. The van der Waals surface area contributed by atoms with Crippen LogP contribution in [-0.2, 0) is 28.3 Å². The number of aromatic nitrogens is 1. The number of aromatic amines is 1. The van der Waals surface area contributed by atoms with E-state index in [2.05, 4.69) is 36.5 Å². The Morgan fingerprint density at radius 2 is 1.74 bits per heavy atom. The SMILES string of the molecule is CC(C)(C)c1cc(CCc2ccc(NS(C)(=O)=O)cc2)c(OCCO)c(-c2ccc[nH]c2=O)c1. The number of aliphatic hydroxyl groups excluding tert-OH is 1. The van der Waals surface area contributed by atoms with Gasteiger partial charge in [0.05, 0.1) is 18.4 Å². The Morgan fingerprint density at radius 1 is 1.03 bits per heavy atom. The van der Waals surface area contributed by atoms with Crippen LogP contribution in [0.25, 0.3) is 11.1 Å². The third-order valence-corrected chi connectivity index (χ3v) is 6.02. The molecular weight excluding hydrogens is 452 g/mol. The van der Waals surface area contributed by atoms with Gasteiger partial charge in [0.15, 0.2) is 0 Å². The van der Waals surface area contributed by atoms with Crippen LogP contribution in [0.1, 0.15) is 37.5 Å². The lowest BCUT2D eigenvalue weighted by atomic mass is 9.83. The van der Waals surface area contributed by atoms with Gasteiger partial charge in [-0.2, -0.15) is 0 Å². The van der Waals surface area contributed by atoms with E-state index in [-0.39, 0.29) is 24.2 Å². The number of nitrogens with one attached hydrogen (secondary N) is 2. The summed E-state index contributed by atoms with van der Waals surface area (Å²) in [6.45, 7) is 6.33. The largest absolute Gasteiger partial charge is 0.490 e. The highest BCUT2D eigenvalue weighted by molar-refractivity contribution is 7.92. The molecule has 182 valence electrons. The summed E-state index contributed by atoms with van der Waals surface area (Å²) in [6, 6.07) is 14.9. The van der Waals surface area contributed by atoms with Crippen molar-refractivity contribution in [3.8, 4) is 16.9 Å². The first kappa shape index (κ1) is 25.5. The predicted octanol–water partition coefficient (Wildman–Crippen LogP) is 3.87. The number of benzene rings is 2. The zero-order valence-corrected chi connectivity index (χ0v) is 20.8. The van der Waals surface area contributed by atoms with Crippen LogP contribution < -0.4 is 15.0 Å². The summed E-state index contributed by atoms with van der Waals surface area (Å²) in [5.74, 6) is 0.592. The van der Waals surface area contributed by atoms with Gasteiger partial charge in [0, 0.05) is 17.4 Å². The molecule has 1 aromatic heterocycles. The van der Waals surface area contributed by atoms with E-state index >= 15 is 0 Å². The molecule has 0 saturated heterocycles. The average Bonchev–Trinajstić information content (AvgIpc) is 2.76. The normalized spacial score (nSPS) is 11.9. The molecule has 3 rings (SSSR count). The van der Waals surface area contributed by atoms with Crippen molar-refractivity contribution < 1.29 is 18.3 Å². The summed E-state index contributed by atoms with van der Waals surface area (Å²) in [5, 5.41) is 9.39. The molecule has 0 unspecified atom stereocenters. The fourth-order valence-corrected chi connectivity index (χ4v) is 4.26. The highest BCUT2D eigenvalue weighted by atomic mass is 32.2. The van der Waals surface area contributed by atoms with Crippen LogP contribution in [0.3, 0.4) is 0 Å². The van der Waals surface area contributed by atoms with Crippen molar-refractivity contribution in [1.82, 2.24) is 4.98 Å². The fraction of sp³-hybridized carbons (Fsp3) is 0.346. The van der Waals surface area contributed by atoms with Gasteiger partial charge in [-0.15, -0.1) is 0 Å². The molecule has 8 heteroatoms. The van der Waals surface area contributed by atoms with E-state index in [0.717, 1.165) is 22.9 Å². The van der Waals surface area contributed by atoms with Crippen LogP contribution in [0.2, 0.25) is 0 Å². The minimum Gasteiger partial charge on any atom is -0.490 e. The maximum Gasteiger partial charge on any atom is 0.255 e. The van der Waals surface area contributed by atoms with Gasteiger partial charge in [-0.3, -0.25) is 9.52 Å². The molecular formula is C26H32N2O5S. The van der Waals surface area contributed by atoms with Crippen LogP contribution in [-0.4, -0.2) is 38.0 Å². The highest BCUT2D eigenvalue weighted by Gasteiger charge is 2.22. The quantitative estimate of drug-likeness (QED) is 0.427. The summed E-state index contributed by atoms with van der Waals surface area (Å²) < 4.78 is 31.3. The van der Waals surface area contributed by atoms with Crippen molar-refractivity contribution in [1.29, 1.82) is 0 Å². The van der Waals surface area contributed by atoms with Gasteiger partial charge in [-0.05, 0) is 65.3 Å². The van der Waals surface area contributed by atoms with E-state index in [4.69, 9.17) is 4.74 Å². The number of rotatable bonds is 9. The number of pyridine rings is 1. The third kappa shape index (κ3) is 6.71. The molecule has 0 bridgehead atoms. The van der Waals surface area contributed by atoms with Crippen LogP contribution in [0.15, 0.2) is 59.5 Å². The van der Waals surface area contributed by atoms with Crippen LogP contribution in [0.5, 0.6) is 5.75 Å². The van der Waals surface area contributed by atoms with Crippen LogP contribution in [0.4, 0.5) is 5.69 Å². The number of sulfonamides is 1. The molecule has 0 radical (unpaired) electrons. The second kappa shape index (κ2) is 10.4. The maximum absolute atomic E-state index is 12.6. The molecule has 0 spiro atoms. The number of aliphatic hydroxyl groups is 1. The molecule has 0 aliphatic rings. The second-order valence-corrected chi connectivity index (χ2v) is 11.1. The minimum atomic E-state index is -3.33. The topological polar surface area (TPSA) is 108 Å². The van der Waals surface area contributed by atoms with Gasteiger partial charge in [0.1, 0.15) is 12.4 Å². The Bertz CT molecular complexity index is 1290. The van der Waals surface area contributed by atoms with Crippen molar-refractivity contribution in [2.24, 2.45) is 0 Å². The van der Waals surface area contributed by atoms with Crippen LogP contribution in [0, 0.1) is 0 Å². The molecule has 3 aromatic rings. The average molecular weight is 485 g/mol. The summed E-state index contributed by atoms with van der Waals surface area (Å²) >= 11 is 0. The first-order valence-corrected chi connectivity index (χ1v) is 13.0. The van der Waals surface area contributed by atoms with Crippen molar-refractivity contribution in [2.75, 3.05) is 24.2 Å². The van der Waals surface area contributed by atoms with E-state index in [0.29, 0.717) is 35.4 Å². The zero-order chi connectivity index (χ0) is 24.9. The predicted molar refractivity (Wildman–Crippen MR) is 136 cm³/mol. The van der Waals surface area contributed by atoms with E-state index < -0.39 is 10.0 Å². The molecule has 2 aromatic carbocycles. The molecule has 1 heterocycles. The third-order valence-electron chi connectivity index (χ3n) is 5.42. The Balaban J connectivity index is 2.02. The molecule has 0 fully saturated rings. The van der Waals surface area contributed by atoms with E-state index in [1.165, 1.54) is 0 Å². The number of hydrogen-bond donors (Lipinski definition) is 3. The van der Waals surface area contributed by atoms with E-state index in [1.807, 2.05) is 18.2 Å². The van der Waals surface area contributed by atoms with Crippen molar-refractivity contribution >= 4 is 15.7 Å². The Hall–Kier alpha value is -3.10. The Labute approximate surface area is 200 Å². The van der Waals surface area contributed by atoms with Gasteiger partial charge in [0.25, 0.3) is 5.56 Å². The fourth-order valence-electron chi connectivity index (χ4n) is 3.69. The van der Waals surface area contributed by atoms with Crippen LogP contribution >= 0.6 is 0 Å². The summed E-state index contributed by atoms with van der Waals surface area (Å²) in [6.07, 6.45) is 4.04. The number of ether oxygens (including phenoxy) is 1. The van der Waals surface area contributed by atoms with Gasteiger partial charge < -0.3 is 14.8 Å². The van der Waals surface area contributed by atoms with Crippen molar-refractivity contribution in [3.05, 3.63) is 81.8 Å². The van der Waals surface area contributed by atoms with Crippen molar-refractivity contribution in [2.45, 2.75) is 39.0 Å². The summed E-state index contributed by atoms with van der Waals surface area (Å²) in [4.78, 5) is 15.3. The number of H-pyrrole nitrogens is 1. The lowest BCUT2D eigenvalue weighted by Gasteiger charge is -2.24. The van der Waals surface area contributed by atoms with Gasteiger partial charge >= 0.3 is 0 Å². The maximum atomic E-state index is 12.6. The number of hydrogen-bond acceptors (Lipinski definition) is 5. The summed E-state index contributed by atoms with van der Waals surface area (Å²) in [5.41, 5.74) is 4.42. The van der Waals surface area contributed by atoms with Gasteiger partial charge in [-0.25, -0.2) is 8.42 Å². The first-order chi connectivity index (χ1) is 16.0. The smallest absolute Gasteiger partial charge is 0.255 e.